The lowest BCUT2D eigenvalue weighted by molar-refractivity contribution is 0.144. The molecule has 0 radical (unpaired) electrons. The number of alkyl halides is 1. The third-order valence-electron chi connectivity index (χ3n) is 3.15. The molecule has 0 aliphatic carbocycles. The lowest BCUT2D eigenvalue weighted by Crippen LogP contribution is -2.46. The van der Waals surface area contributed by atoms with Gasteiger partial charge in [0.15, 0.2) is 0 Å². The molecule has 1 saturated heterocycles. The Morgan fingerprint density at radius 1 is 1.26 bits per heavy atom. The van der Waals surface area contributed by atoms with Gasteiger partial charge >= 0.3 is 0 Å². The molecule has 1 aliphatic rings. The molecular formula is C12H15Cl3F2N2. The van der Waals surface area contributed by atoms with Crippen LogP contribution >= 0.6 is 35.6 Å². The van der Waals surface area contributed by atoms with Crippen LogP contribution < -0.4 is 5.32 Å². The summed E-state index contributed by atoms with van der Waals surface area (Å²) in [5, 5.41) is 3.53. The minimum absolute atomic E-state index is 0. The predicted molar refractivity (Wildman–Crippen MR) is 76.8 cm³/mol. The highest BCUT2D eigenvalue weighted by atomic mass is 35.5. The molecule has 0 bridgehead atoms. The van der Waals surface area contributed by atoms with Crippen molar-refractivity contribution >= 4 is 35.6 Å². The minimum Gasteiger partial charge on any atom is -0.314 e. The van der Waals surface area contributed by atoms with Crippen molar-refractivity contribution in [3.05, 3.63) is 33.6 Å². The quantitative estimate of drug-likeness (QED) is 0.853. The van der Waals surface area contributed by atoms with Crippen molar-refractivity contribution in [1.29, 1.82) is 0 Å². The van der Waals surface area contributed by atoms with Crippen LogP contribution in [0.15, 0.2) is 12.1 Å². The fraction of sp³-hybridized carbons (Fsp3) is 0.500. The Morgan fingerprint density at radius 2 is 1.89 bits per heavy atom. The van der Waals surface area contributed by atoms with Crippen LogP contribution in [0.2, 0.25) is 10.0 Å². The third kappa shape index (κ3) is 3.70. The molecule has 1 fully saturated rings. The van der Waals surface area contributed by atoms with E-state index < -0.39 is 18.5 Å². The Bertz CT molecular complexity index is 426. The van der Waals surface area contributed by atoms with Crippen LogP contribution in [0, 0.1) is 5.82 Å². The first kappa shape index (κ1) is 16.9. The van der Waals surface area contributed by atoms with Crippen LogP contribution in [0.4, 0.5) is 8.78 Å². The van der Waals surface area contributed by atoms with E-state index in [-0.39, 0.29) is 28.0 Å². The first-order valence-corrected chi connectivity index (χ1v) is 6.55. The van der Waals surface area contributed by atoms with Crippen LogP contribution in [-0.4, -0.2) is 37.8 Å². The van der Waals surface area contributed by atoms with Crippen LogP contribution in [0.3, 0.4) is 0 Å². The summed E-state index contributed by atoms with van der Waals surface area (Å²) >= 11 is 11.9. The number of nitrogens with zero attached hydrogens (tertiary/aromatic N) is 1. The molecule has 1 aromatic carbocycles. The van der Waals surface area contributed by atoms with Gasteiger partial charge in [0, 0.05) is 31.7 Å². The third-order valence-corrected chi connectivity index (χ3v) is 3.97. The summed E-state index contributed by atoms with van der Waals surface area (Å²) in [7, 11) is 0. The first-order valence-electron chi connectivity index (χ1n) is 5.79. The Morgan fingerprint density at radius 3 is 2.47 bits per heavy atom. The maximum atomic E-state index is 13.9. The van der Waals surface area contributed by atoms with Gasteiger partial charge in [0.1, 0.15) is 12.5 Å². The number of piperazine rings is 1. The summed E-state index contributed by atoms with van der Waals surface area (Å²) in [5.41, 5.74) is 0.161. The van der Waals surface area contributed by atoms with E-state index in [2.05, 4.69) is 5.32 Å². The number of rotatable bonds is 3. The smallest absolute Gasteiger partial charge is 0.129 e. The first-order chi connectivity index (χ1) is 8.65. The molecule has 19 heavy (non-hydrogen) atoms. The van der Waals surface area contributed by atoms with E-state index >= 15 is 0 Å². The number of hydrogen-bond acceptors (Lipinski definition) is 2. The average molecular weight is 332 g/mol. The van der Waals surface area contributed by atoms with Crippen molar-refractivity contribution in [3.63, 3.8) is 0 Å². The molecule has 7 heteroatoms. The van der Waals surface area contributed by atoms with Crippen molar-refractivity contribution in [2.24, 2.45) is 0 Å². The largest absolute Gasteiger partial charge is 0.314 e. The van der Waals surface area contributed by atoms with Gasteiger partial charge in [-0.25, -0.2) is 8.78 Å². The summed E-state index contributed by atoms with van der Waals surface area (Å²) in [6.45, 7) is 2.16. The van der Waals surface area contributed by atoms with Crippen molar-refractivity contribution < 1.29 is 8.78 Å². The topological polar surface area (TPSA) is 15.3 Å². The van der Waals surface area contributed by atoms with E-state index in [4.69, 9.17) is 23.2 Å². The highest BCUT2D eigenvalue weighted by molar-refractivity contribution is 6.42. The van der Waals surface area contributed by atoms with Crippen molar-refractivity contribution in [2.75, 3.05) is 32.9 Å². The molecule has 1 N–H and O–H groups in total. The van der Waals surface area contributed by atoms with Gasteiger partial charge in [-0.2, -0.15) is 0 Å². The van der Waals surface area contributed by atoms with Gasteiger partial charge in [-0.1, -0.05) is 23.2 Å². The number of benzene rings is 1. The monoisotopic (exact) mass is 330 g/mol. The zero-order chi connectivity index (χ0) is 13.1. The van der Waals surface area contributed by atoms with Gasteiger partial charge in [-0.05, 0) is 12.1 Å². The van der Waals surface area contributed by atoms with Gasteiger partial charge in [0.05, 0.1) is 16.1 Å². The number of nitrogens with one attached hydrogen (secondary N) is 1. The molecule has 0 spiro atoms. The standard InChI is InChI=1S/C12H14Cl2F2N2.ClH/c13-8-1-2-9(16)11(12(8)14)10(7-15)18-5-3-17-4-6-18;/h1-2,10,17H,3-7H2;1H/t10-;/m1./s1. The van der Waals surface area contributed by atoms with Gasteiger partial charge in [-0.15, -0.1) is 12.4 Å². The van der Waals surface area contributed by atoms with Crippen molar-refractivity contribution in [3.8, 4) is 0 Å². The normalized spacial score (nSPS) is 17.9. The highest BCUT2D eigenvalue weighted by Gasteiger charge is 2.27. The fourth-order valence-corrected chi connectivity index (χ4v) is 2.64. The molecule has 0 amide bonds. The van der Waals surface area contributed by atoms with E-state index in [1.165, 1.54) is 12.1 Å². The zero-order valence-electron chi connectivity index (χ0n) is 10.1. The van der Waals surface area contributed by atoms with E-state index in [0.29, 0.717) is 13.1 Å². The summed E-state index contributed by atoms with van der Waals surface area (Å²) in [5.74, 6) is -0.509. The maximum Gasteiger partial charge on any atom is 0.129 e. The summed E-state index contributed by atoms with van der Waals surface area (Å²) < 4.78 is 27.2. The van der Waals surface area contributed by atoms with Crippen molar-refractivity contribution in [2.45, 2.75) is 6.04 Å². The number of hydrogen-bond donors (Lipinski definition) is 1. The second-order valence-electron chi connectivity index (χ2n) is 4.21. The van der Waals surface area contributed by atoms with Crippen LogP contribution in [0.1, 0.15) is 11.6 Å². The molecule has 2 nitrogen and oxygen atoms in total. The van der Waals surface area contributed by atoms with Gasteiger partial charge in [-0.3, -0.25) is 4.90 Å². The van der Waals surface area contributed by atoms with Crippen LogP contribution in [0.25, 0.3) is 0 Å². The predicted octanol–water partition coefficient (Wildman–Crippen LogP) is 3.47. The number of halogens is 5. The molecule has 2 rings (SSSR count). The van der Waals surface area contributed by atoms with Crippen LogP contribution in [0.5, 0.6) is 0 Å². The fourth-order valence-electron chi connectivity index (χ4n) is 2.20. The molecule has 1 heterocycles. The van der Waals surface area contributed by atoms with Gasteiger partial charge in [0.2, 0.25) is 0 Å². The molecule has 1 atom stereocenters. The van der Waals surface area contributed by atoms with Crippen molar-refractivity contribution in [1.82, 2.24) is 10.2 Å². The Balaban J connectivity index is 0.00000180. The molecule has 1 aromatic rings. The Kier molecular flexibility index (Phi) is 6.77. The van der Waals surface area contributed by atoms with Gasteiger partial charge in [0.25, 0.3) is 0 Å². The summed E-state index contributed by atoms with van der Waals surface area (Å²) in [6.07, 6.45) is 0. The molecule has 0 aromatic heterocycles. The molecule has 108 valence electrons. The Hall–Kier alpha value is -0.130. The maximum absolute atomic E-state index is 13.9. The average Bonchev–Trinajstić information content (AvgIpc) is 2.40. The van der Waals surface area contributed by atoms with E-state index in [1.54, 1.807) is 0 Å². The Labute approximate surface area is 127 Å². The highest BCUT2D eigenvalue weighted by Crippen LogP contribution is 2.35. The van der Waals surface area contributed by atoms with Gasteiger partial charge < -0.3 is 5.32 Å². The van der Waals surface area contributed by atoms with E-state index in [1.807, 2.05) is 4.90 Å². The van der Waals surface area contributed by atoms with E-state index in [0.717, 1.165) is 13.1 Å². The minimum atomic E-state index is -0.684. The van der Waals surface area contributed by atoms with Crippen LogP contribution in [-0.2, 0) is 0 Å². The molecule has 0 unspecified atom stereocenters. The lowest BCUT2D eigenvalue weighted by Gasteiger charge is -2.34. The lowest BCUT2D eigenvalue weighted by atomic mass is 10.0. The second-order valence-corrected chi connectivity index (χ2v) is 5.00. The SMILES string of the molecule is Cl.FC[C@H](c1c(F)ccc(Cl)c1Cl)N1CCNCC1. The molecular weight excluding hydrogens is 317 g/mol. The molecule has 0 saturated carbocycles. The summed E-state index contributed by atoms with van der Waals surface area (Å²) in [6, 6.07) is 1.95. The summed E-state index contributed by atoms with van der Waals surface area (Å²) in [4.78, 5) is 1.89. The molecule has 1 aliphatic heterocycles. The zero-order valence-corrected chi connectivity index (χ0v) is 12.5. The van der Waals surface area contributed by atoms with E-state index in [9.17, 15) is 8.78 Å². The second kappa shape index (κ2) is 7.60.